The predicted octanol–water partition coefficient (Wildman–Crippen LogP) is 1.73. The summed E-state index contributed by atoms with van der Waals surface area (Å²) in [6.07, 6.45) is 1.48. The smallest absolute Gasteiger partial charge is 0.332 e. The normalized spacial score (nSPS) is 11.1. The second-order valence-corrected chi connectivity index (χ2v) is 7.75. The fourth-order valence-electron chi connectivity index (χ4n) is 3.62. The van der Waals surface area contributed by atoms with E-state index in [1.54, 1.807) is 18.0 Å². The Labute approximate surface area is 184 Å². The van der Waals surface area contributed by atoms with Crippen molar-refractivity contribution < 1.29 is 4.79 Å². The molecule has 0 saturated heterocycles. The number of H-pyrrole nitrogens is 1. The van der Waals surface area contributed by atoms with Crippen LogP contribution in [0.2, 0.25) is 0 Å². The van der Waals surface area contributed by atoms with E-state index in [0.717, 1.165) is 34.4 Å². The SMILES string of the molecule is CN(CCCc1cc(-c2ccccc2)n[nH]1)C(=O)c1ccc2c(=O)n(C)c(=O)n(C)c2n1. The fourth-order valence-corrected chi connectivity index (χ4v) is 3.62. The second-order valence-electron chi connectivity index (χ2n) is 7.75. The lowest BCUT2D eigenvalue weighted by atomic mass is 10.1. The van der Waals surface area contributed by atoms with Gasteiger partial charge in [-0.3, -0.25) is 23.8 Å². The molecule has 0 radical (unpaired) electrons. The Balaban J connectivity index is 1.43. The van der Waals surface area contributed by atoms with Gasteiger partial charge in [0.2, 0.25) is 0 Å². The Morgan fingerprint density at radius 1 is 1.06 bits per heavy atom. The number of hydrogen-bond acceptors (Lipinski definition) is 5. The van der Waals surface area contributed by atoms with Gasteiger partial charge < -0.3 is 4.90 Å². The molecule has 0 aliphatic carbocycles. The molecule has 0 atom stereocenters. The molecule has 3 heterocycles. The van der Waals surface area contributed by atoms with E-state index in [-0.39, 0.29) is 17.2 Å². The predicted molar refractivity (Wildman–Crippen MR) is 122 cm³/mol. The molecule has 32 heavy (non-hydrogen) atoms. The van der Waals surface area contributed by atoms with E-state index >= 15 is 0 Å². The van der Waals surface area contributed by atoms with Gasteiger partial charge in [-0.25, -0.2) is 9.78 Å². The Kier molecular flexibility index (Phi) is 5.72. The lowest BCUT2D eigenvalue weighted by Gasteiger charge is -2.17. The van der Waals surface area contributed by atoms with Gasteiger partial charge in [-0.1, -0.05) is 30.3 Å². The molecule has 0 aliphatic rings. The number of aryl methyl sites for hydroxylation is 2. The molecule has 1 amide bonds. The van der Waals surface area contributed by atoms with E-state index in [9.17, 15) is 14.4 Å². The number of pyridine rings is 1. The quantitative estimate of drug-likeness (QED) is 0.499. The summed E-state index contributed by atoms with van der Waals surface area (Å²) in [5.41, 5.74) is 2.41. The van der Waals surface area contributed by atoms with Crippen molar-refractivity contribution in [2.45, 2.75) is 12.8 Å². The third-order valence-corrected chi connectivity index (χ3v) is 5.51. The maximum atomic E-state index is 12.8. The molecule has 1 N–H and O–H groups in total. The van der Waals surface area contributed by atoms with Gasteiger partial charge in [0.25, 0.3) is 11.5 Å². The zero-order chi connectivity index (χ0) is 22.8. The first kappa shape index (κ1) is 21.2. The van der Waals surface area contributed by atoms with E-state index < -0.39 is 11.2 Å². The van der Waals surface area contributed by atoms with Crippen LogP contribution < -0.4 is 11.2 Å². The zero-order valence-electron chi connectivity index (χ0n) is 18.2. The number of hydrogen-bond donors (Lipinski definition) is 1. The molecule has 0 saturated carbocycles. The third kappa shape index (κ3) is 3.96. The van der Waals surface area contributed by atoms with Crippen molar-refractivity contribution >= 4 is 16.9 Å². The third-order valence-electron chi connectivity index (χ3n) is 5.51. The number of fused-ring (bicyclic) bond motifs is 1. The summed E-state index contributed by atoms with van der Waals surface area (Å²) in [5, 5.41) is 7.70. The highest BCUT2D eigenvalue weighted by molar-refractivity contribution is 5.94. The Hall–Kier alpha value is -4.01. The van der Waals surface area contributed by atoms with E-state index in [2.05, 4.69) is 15.2 Å². The van der Waals surface area contributed by atoms with Crippen molar-refractivity contribution in [3.63, 3.8) is 0 Å². The van der Waals surface area contributed by atoms with Gasteiger partial charge in [0, 0.05) is 38.9 Å². The van der Waals surface area contributed by atoms with Gasteiger partial charge in [0.15, 0.2) is 0 Å². The van der Waals surface area contributed by atoms with Gasteiger partial charge in [-0.2, -0.15) is 5.10 Å². The molecular weight excluding hydrogens is 408 g/mol. The standard InChI is InChI=1S/C23H24N6O3/c1-27(13-7-10-16-14-19(26-25-16)15-8-5-4-6-9-15)22(31)18-12-11-17-20(24-18)28(2)23(32)29(3)21(17)30/h4-6,8-9,11-12,14H,7,10,13H2,1-3H3,(H,25,26). The van der Waals surface area contributed by atoms with Crippen LogP contribution in [0.4, 0.5) is 0 Å². The van der Waals surface area contributed by atoms with Gasteiger partial charge in [-0.15, -0.1) is 0 Å². The van der Waals surface area contributed by atoms with Crippen LogP contribution in [0.5, 0.6) is 0 Å². The van der Waals surface area contributed by atoms with Crippen LogP contribution in [0.1, 0.15) is 22.6 Å². The Morgan fingerprint density at radius 3 is 2.56 bits per heavy atom. The summed E-state index contributed by atoms with van der Waals surface area (Å²) in [6, 6.07) is 15.0. The summed E-state index contributed by atoms with van der Waals surface area (Å²) < 4.78 is 2.30. The first-order valence-electron chi connectivity index (χ1n) is 10.3. The summed E-state index contributed by atoms with van der Waals surface area (Å²) >= 11 is 0. The Morgan fingerprint density at radius 2 is 1.81 bits per heavy atom. The molecule has 0 spiro atoms. The maximum Gasteiger partial charge on any atom is 0.332 e. The van der Waals surface area contributed by atoms with Crippen molar-refractivity contribution in [2.24, 2.45) is 14.1 Å². The van der Waals surface area contributed by atoms with E-state index in [1.807, 2.05) is 36.4 Å². The van der Waals surface area contributed by atoms with Crippen molar-refractivity contribution in [2.75, 3.05) is 13.6 Å². The van der Waals surface area contributed by atoms with Crippen LogP contribution in [0.15, 0.2) is 58.1 Å². The molecule has 9 nitrogen and oxygen atoms in total. The lowest BCUT2D eigenvalue weighted by molar-refractivity contribution is 0.0788. The molecule has 1 aromatic carbocycles. The minimum Gasteiger partial charge on any atom is -0.340 e. The highest BCUT2D eigenvalue weighted by Gasteiger charge is 2.17. The largest absolute Gasteiger partial charge is 0.340 e. The monoisotopic (exact) mass is 432 g/mol. The van der Waals surface area contributed by atoms with E-state index in [4.69, 9.17) is 0 Å². The van der Waals surface area contributed by atoms with Crippen LogP contribution in [0, 0.1) is 0 Å². The number of amides is 1. The molecule has 9 heteroatoms. The van der Waals surface area contributed by atoms with Gasteiger partial charge >= 0.3 is 5.69 Å². The van der Waals surface area contributed by atoms with Crippen molar-refractivity contribution in [3.05, 3.63) is 80.8 Å². The number of aromatic nitrogens is 5. The molecule has 3 aromatic heterocycles. The second kappa shape index (κ2) is 8.62. The first-order valence-corrected chi connectivity index (χ1v) is 10.3. The Bertz CT molecular complexity index is 1400. The van der Waals surface area contributed by atoms with Crippen molar-refractivity contribution in [1.29, 1.82) is 0 Å². The zero-order valence-corrected chi connectivity index (χ0v) is 18.2. The first-order chi connectivity index (χ1) is 15.4. The average molecular weight is 432 g/mol. The molecule has 0 fully saturated rings. The van der Waals surface area contributed by atoms with Crippen LogP contribution in [-0.4, -0.2) is 48.7 Å². The summed E-state index contributed by atoms with van der Waals surface area (Å²) in [6.45, 7) is 0.522. The molecular formula is C23H24N6O3. The summed E-state index contributed by atoms with van der Waals surface area (Å²) in [4.78, 5) is 43.2. The summed E-state index contributed by atoms with van der Waals surface area (Å²) in [5.74, 6) is -0.269. The minimum atomic E-state index is -0.484. The number of nitrogens with one attached hydrogen (secondary N) is 1. The van der Waals surface area contributed by atoms with E-state index in [1.165, 1.54) is 24.7 Å². The molecule has 0 aliphatic heterocycles. The van der Waals surface area contributed by atoms with Crippen LogP contribution in [-0.2, 0) is 20.5 Å². The molecule has 164 valence electrons. The van der Waals surface area contributed by atoms with Gasteiger partial charge in [0.05, 0.1) is 11.1 Å². The van der Waals surface area contributed by atoms with Crippen LogP contribution >= 0.6 is 0 Å². The summed E-state index contributed by atoms with van der Waals surface area (Å²) in [7, 11) is 4.65. The molecule has 0 unspecified atom stereocenters. The number of nitrogens with zero attached hydrogens (tertiary/aromatic N) is 5. The van der Waals surface area contributed by atoms with Crippen LogP contribution in [0.25, 0.3) is 22.3 Å². The number of rotatable bonds is 6. The van der Waals surface area contributed by atoms with Gasteiger partial charge in [-0.05, 0) is 31.0 Å². The topological polar surface area (TPSA) is 106 Å². The number of carbonyl (C=O) groups excluding carboxylic acids is 1. The number of benzene rings is 1. The fraction of sp³-hybridized carbons (Fsp3) is 0.261. The van der Waals surface area contributed by atoms with Crippen molar-refractivity contribution in [3.8, 4) is 11.3 Å². The van der Waals surface area contributed by atoms with Gasteiger partial charge in [0.1, 0.15) is 11.3 Å². The minimum absolute atomic E-state index is 0.191. The van der Waals surface area contributed by atoms with Crippen LogP contribution in [0.3, 0.4) is 0 Å². The number of carbonyl (C=O) groups is 1. The lowest BCUT2D eigenvalue weighted by Crippen LogP contribution is -2.37. The highest BCUT2D eigenvalue weighted by Crippen LogP contribution is 2.17. The maximum absolute atomic E-state index is 12.8. The molecule has 4 aromatic rings. The van der Waals surface area contributed by atoms with E-state index in [0.29, 0.717) is 11.9 Å². The number of aromatic amines is 1. The average Bonchev–Trinajstić information content (AvgIpc) is 3.30. The highest BCUT2D eigenvalue weighted by atomic mass is 16.2. The van der Waals surface area contributed by atoms with Crippen molar-refractivity contribution in [1.82, 2.24) is 29.2 Å². The molecule has 4 rings (SSSR count). The molecule has 0 bridgehead atoms.